The number of phenolic OH excluding ortho intramolecular Hbond substituents is 1. The van der Waals surface area contributed by atoms with Crippen molar-refractivity contribution >= 4 is 55.5 Å². The van der Waals surface area contributed by atoms with E-state index in [1.54, 1.807) is 0 Å². The molecule has 172 valence electrons. The van der Waals surface area contributed by atoms with E-state index in [9.17, 15) is 31.5 Å². The number of anilines is 3. The number of amides is 1. The largest absolute Gasteiger partial charge is 0.507 e. The second kappa shape index (κ2) is 9.10. The van der Waals surface area contributed by atoms with Gasteiger partial charge >= 0.3 is 6.18 Å². The number of carbonyl (C=O) groups is 1. The number of benzene rings is 3. The van der Waals surface area contributed by atoms with E-state index in [-0.39, 0.29) is 32.1 Å². The van der Waals surface area contributed by atoms with E-state index in [4.69, 9.17) is 27.6 Å². The maximum Gasteiger partial charge on any atom is 0.418 e. The Kier molecular flexibility index (Phi) is 7.13. The molecular weight excluding hydrogens is 475 g/mol. The summed E-state index contributed by atoms with van der Waals surface area (Å²) in [5.41, 5.74) is 9.50. The number of nitrogens with one attached hydrogen (secondary N) is 1. The van der Waals surface area contributed by atoms with E-state index < -0.39 is 33.5 Å². The van der Waals surface area contributed by atoms with Crippen LogP contribution in [0.15, 0.2) is 47.4 Å². The molecule has 0 atom stereocenters. The number of hydrogen-bond acceptors (Lipinski definition) is 6. The van der Waals surface area contributed by atoms with Crippen molar-refractivity contribution in [2.24, 2.45) is 0 Å². The average Bonchev–Trinajstić information content (AvgIpc) is 2.63. The number of phenols is 1. The van der Waals surface area contributed by atoms with Crippen LogP contribution in [0.2, 0.25) is 5.02 Å². The fourth-order valence-electron chi connectivity index (χ4n) is 2.67. The molecular formula is C19H17ClF3N3O5S. The number of fused-ring (bicyclic) bond motifs is 1. The first-order chi connectivity index (χ1) is 14.6. The highest BCUT2D eigenvalue weighted by Gasteiger charge is 2.33. The molecule has 1 amide bonds. The zero-order chi connectivity index (χ0) is 24.4. The van der Waals surface area contributed by atoms with Gasteiger partial charge in [-0.05, 0) is 36.4 Å². The van der Waals surface area contributed by atoms with Gasteiger partial charge < -0.3 is 21.9 Å². The van der Waals surface area contributed by atoms with Crippen LogP contribution in [0.5, 0.6) is 5.75 Å². The van der Waals surface area contributed by atoms with E-state index in [0.717, 1.165) is 12.1 Å². The van der Waals surface area contributed by atoms with Crippen LogP contribution < -0.4 is 16.8 Å². The van der Waals surface area contributed by atoms with Gasteiger partial charge in [0.05, 0.1) is 16.3 Å². The Morgan fingerprint density at radius 2 is 1.69 bits per heavy atom. The molecule has 3 aromatic carbocycles. The lowest BCUT2D eigenvalue weighted by molar-refractivity contribution is -0.136. The highest BCUT2D eigenvalue weighted by atomic mass is 35.5. The molecule has 0 spiro atoms. The molecule has 32 heavy (non-hydrogen) atoms. The standard InChI is InChI=1S/C10H9NO4S.C9H8ClF3N2O/c11-6-1-2-7-8(5-6)9(12)3-4-10(7)16(13,14)15;1-4(16)15-8-2-5(9(11,12)13)7(14)3-6(8)10/h1-5,12H,11H2,(H,13,14,15);2-3H,14H2,1H3,(H,15,16). The van der Waals surface area contributed by atoms with Crippen molar-refractivity contribution in [1.29, 1.82) is 0 Å². The van der Waals surface area contributed by atoms with E-state index in [1.165, 1.54) is 31.2 Å². The van der Waals surface area contributed by atoms with Crippen molar-refractivity contribution in [1.82, 2.24) is 0 Å². The molecule has 3 aromatic rings. The zero-order valence-electron chi connectivity index (χ0n) is 16.2. The van der Waals surface area contributed by atoms with Crippen LogP contribution in [0.4, 0.5) is 30.2 Å². The van der Waals surface area contributed by atoms with Crippen molar-refractivity contribution in [2.45, 2.75) is 18.0 Å². The second-order valence-corrected chi connectivity index (χ2v) is 8.26. The summed E-state index contributed by atoms with van der Waals surface area (Å²) in [6.45, 7) is 1.17. The van der Waals surface area contributed by atoms with Gasteiger partial charge in [-0.3, -0.25) is 9.35 Å². The number of hydrogen-bond donors (Lipinski definition) is 5. The lowest BCUT2D eigenvalue weighted by Crippen LogP contribution is -2.12. The molecule has 0 bridgehead atoms. The van der Waals surface area contributed by atoms with E-state index >= 15 is 0 Å². The van der Waals surface area contributed by atoms with Gasteiger partial charge in [0.1, 0.15) is 10.6 Å². The lowest BCUT2D eigenvalue weighted by Gasteiger charge is -2.13. The fraction of sp³-hybridized carbons (Fsp3) is 0.105. The van der Waals surface area contributed by atoms with Crippen molar-refractivity contribution in [3.05, 3.63) is 53.1 Å². The maximum absolute atomic E-state index is 12.5. The van der Waals surface area contributed by atoms with Gasteiger partial charge in [-0.15, -0.1) is 0 Å². The molecule has 0 aliphatic rings. The molecule has 0 saturated carbocycles. The topological polar surface area (TPSA) is 156 Å². The third-order valence-corrected chi connectivity index (χ3v) is 5.24. The molecule has 0 unspecified atom stereocenters. The molecule has 3 rings (SSSR count). The minimum Gasteiger partial charge on any atom is -0.507 e. The molecule has 8 nitrogen and oxygen atoms in total. The summed E-state index contributed by atoms with van der Waals surface area (Å²) in [5, 5.41) is 12.2. The first-order valence-electron chi connectivity index (χ1n) is 8.53. The summed E-state index contributed by atoms with van der Waals surface area (Å²) in [6, 6.07) is 8.38. The Morgan fingerprint density at radius 1 is 1.06 bits per heavy atom. The van der Waals surface area contributed by atoms with Gasteiger partial charge in [-0.25, -0.2) is 0 Å². The Morgan fingerprint density at radius 3 is 2.22 bits per heavy atom. The van der Waals surface area contributed by atoms with Crippen LogP contribution in [0.3, 0.4) is 0 Å². The smallest absolute Gasteiger partial charge is 0.418 e. The summed E-state index contributed by atoms with van der Waals surface area (Å²) in [7, 11) is -4.31. The monoisotopic (exact) mass is 491 g/mol. The fourth-order valence-corrected chi connectivity index (χ4v) is 3.58. The molecule has 0 aliphatic carbocycles. The highest BCUT2D eigenvalue weighted by Crippen LogP contribution is 2.38. The molecule has 0 radical (unpaired) electrons. The first kappa shape index (κ1) is 25.0. The summed E-state index contributed by atoms with van der Waals surface area (Å²) < 4.78 is 68.6. The normalized spacial score (nSPS) is 11.6. The maximum atomic E-state index is 12.5. The van der Waals surface area contributed by atoms with E-state index in [2.05, 4.69) is 5.32 Å². The number of aromatic hydroxyl groups is 1. The van der Waals surface area contributed by atoms with Crippen molar-refractivity contribution in [3.8, 4) is 5.75 Å². The SMILES string of the molecule is CC(=O)Nc1cc(C(F)(F)F)c(N)cc1Cl.Nc1ccc2c(S(=O)(=O)O)ccc(O)c2c1. The Balaban J connectivity index is 0.000000227. The number of nitrogens with two attached hydrogens (primary N) is 2. The van der Waals surface area contributed by atoms with Gasteiger partial charge in [-0.1, -0.05) is 17.7 Å². The molecule has 0 fully saturated rings. The predicted octanol–water partition coefficient (Wildman–Crippen LogP) is 4.27. The second-order valence-electron chi connectivity index (χ2n) is 6.46. The van der Waals surface area contributed by atoms with Crippen LogP contribution in [0, 0.1) is 0 Å². The summed E-state index contributed by atoms with van der Waals surface area (Å²) in [5.74, 6) is -0.602. The average molecular weight is 492 g/mol. The van der Waals surface area contributed by atoms with E-state index in [1.807, 2.05) is 0 Å². The van der Waals surface area contributed by atoms with Crippen LogP contribution >= 0.6 is 11.6 Å². The van der Waals surface area contributed by atoms with Crippen LogP contribution in [-0.4, -0.2) is 24.0 Å². The van der Waals surface area contributed by atoms with Gasteiger partial charge in [0, 0.05) is 29.1 Å². The van der Waals surface area contributed by atoms with E-state index in [0.29, 0.717) is 11.8 Å². The number of rotatable bonds is 2. The first-order valence-corrected chi connectivity index (χ1v) is 10.4. The predicted molar refractivity (Wildman–Crippen MR) is 115 cm³/mol. The molecule has 0 saturated heterocycles. The van der Waals surface area contributed by atoms with Crippen LogP contribution in [0.25, 0.3) is 10.8 Å². The third-order valence-electron chi connectivity index (χ3n) is 4.01. The number of nitrogen functional groups attached to an aromatic ring is 2. The van der Waals surface area contributed by atoms with Gasteiger partial charge in [0.25, 0.3) is 10.1 Å². The van der Waals surface area contributed by atoms with Crippen molar-refractivity contribution in [2.75, 3.05) is 16.8 Å². The summed E-state index contributed by atoms with van der Waals surface area (Å²) in [4.78, 5) is 10.5. The van der Waals surface area contributed by atoms with Crippen LogP contribution in [0.1, 0.15) is 12.5 Å². The van der Waals surface area contributed by atoms with Gasteiger partial charge in [0.2, 0.25) is 5.91 Å². The minimum absolute atomic E-state index is 0.0410. The van der Waals surface area contributed by atoms with Gasteiger partial charge in [0.15, 0.2) is 0 Å². The number of alkyl halides is 3. The summed E-state index contributed by atoms with van der Waals surface area (Å²) >= 11 is 5.63. The van der Waals surface area contributed by atoms with Gasteiger partial charge in [-0.2, -0.15) is 21.6 Å². The highest BCUT2D eigenvalue weighted by molar-refractivity contribution is 7.86. The lowest BCUT2D eigenvalue weighted by atomic mass is 10.1. The van der Waals surface area contributed by atoms with Crippen LogP contribution in [-0.2, 0) is 21.1 Å². The third kappa shape index (κ3) is 5.93. The number of carbonyl (C=O) groups excluding carboxylic acids is 1. The molecule has 13 heteroatoms. The molecule has 7 N–H and O–H groups in total. The Hall–Kier alpha value is -3.22. The van der Waals surface area contributed by atoms with Crippen molar-refractivity contribution < 1.29 is 36.0 Å². The Labute approximate surface area is 185 Å². The molecule has 0 aromatic heterocycles. The summed E-state index contributed by atoms with van der Waals surface area (Å²) in [6.07, 6.45) is -4.58. The quantitative estimate of drug-likeness (QED) is 0.264. The molecule has 0 aliphatic heterocycles. The van der Waals surface area contributed by atoms with Crippen molar-refractivity contribution in [3.63, 3.8) is 0 Å². The Bertz CT molecular complexity index is 1300. The molecule has 0 heterocycles. The number of halogens is 4. The zero-order valence-corrected chi connectivity index (χ0v) is 17.8. The minimum atomic E-state index is -4.58.